The molecule has 0 aliphatic rings. The lowest BCUT2D eigenvalue weighted by molar-refractivity contribution is -0.139. The summed E-state index contributed by atoms with van der Waals surface area (Å²) in [5.74, 6) is -1.63. The van der Waals surface area contributed by atoms with Gasteiger partial charge in [-0.15, -0.1) is 0 Å². The molecule has 6 heteroatoms. The van der Waals surface area contributed by atoms with E-state index in [0.717, 1.165) is 0 Å². The van der Waals surface area contributed by atoms with E-state index in [2.05, 4.69) is 10.6 Å². The fourth-order valence-electron chi connectivity index (χ4n) is 1.05. The van der Waals surface area contributed by atoms with E-state index in [1.165, 1.54) is 0 Å². The third-order valence-corrected chi connectivity index (χ3v) is 1.79. The lowest BCUT2D eigenvalue weighted by Crippen LogP contribution is -2.45. The Morgan fingerprint density at radius 3 is 1.53 bits per heavy atom. The van der Waals surface area contributed by atoms with Crippen LogP contribution in [0.15, 0.2) is 0 Å². The number of nitrogens with one attached hydrogen (secondary N) is 2. The quantitative estimate of drug-likeness (QED) is 0.618. The molecule has 0 spiro atoms. The van der Waals surface area contributed by atoms with Gasteiger partial charge in [0.2, 0.25) is 0 Å². The van der Waals surface area contributed by atoms with Crippen molar-refractivity contribution < 1.29 is 19.8 Å². The van der Waals surface area contributed by atoms with Crippen molar-refractivity contribution in [3.8, 4) is 0 Å². The third kappa shape index (κ3) is 19.4. The van der Waals surface area contributed by atoms with E-state index in [1.54, 1.807) is 6.92 Å². The van der Waals surface area contributed by atoms with Crippen LogP contribution in [0.2, 0.25) is 0 Å². The molecule has 0 aliphatic heterocycles. The summed E-state index contributed by atoms with van der Waals surface area (Å²) in [7, 11) is 0. The molecule has 0 amide bonds. The first-order valence-corrected chi connectivity index (χ1v) is 6.22. The molecule has 19 heavy (non-hydrogen) atoms. The molecule has 0 saturated carbocycles. The van der Waals surface area contributed by atoms with Crippen molar-refractivity contribution in [2.45, 2.75) is 65.6 Å². The molecule has 6 nitrogen and oxygen atoms in total. The monoisotopic (exact) mass is 276 g/mol. The SMILES string of the molecule is CC(C)(C)NCC(=O)O.CC(NC(C)(C)C)C(=O)O. The second-order valence-corrected chi connectivity index (χ2v) is 6.45. The van der Waals surface area contributed by atoms with Gasteiger partial charge in [0.05, 0.1) is 6.54 Å². The lowest BCUT2D eigenvalue weighted by Gasteiger charge is -2.23. The summed E-state index contributed by atoms with van der Waals surface area (Å²) in [5, 5.41) is 22.4. The average molecular weight is 276 g/mol. The Labute approximate surface area is 115 Å². The summed E-state index contributed by atoms with van der Waals surface area (Å²) in [5.41, 5.74) is -0.226. The fourth-order valence-corrected chi connectivity index (χ4v) is 1.05. The molecule has 0 saturated heterocycles. The van der Waals surface area contributed by atoms with Crippen LogP contribution in [0.4, 0.5) is 0 Å². The van der Waals surface area contributed by atoms with Crippen LogP contribution in [0.1, 0.15) is 48.5 Å². The maximum atomic E-state index is 10.3. The van der Waals surface area contributed by atoms with Gasteiger partial charge in [0.25, 0.3) is 0 Å². The molecule has 4 N–H and O–H groups in total. The topological polar surface area (TPSA) is 98.7 Å². The van der Waals surface area contributed by atoms with Crippen LogP contribution < -0.4 is 10.6 Å². The molecule has 0 fully saturated rings. The van der Waals surface area contributed by atoms with Gasteiger partial charge >= 0.3 is 11.9 Å². The zero-order valence-corrected chi connectivity index (χ0v) is 13.0. The van der Waals surface area contributed by atoms with Crippen LogP contribution in [-0.4, -0.2) is 45.8 Å². The first-order valence-electron chi connectivity index (χ1n) is 6.22. The van der Waals surface area contributed by atoms with E-state index < -0.39 is 18.0 Å². The van der Waals surface area contributed by atoms with Crippen LogP contribution in [0.3, 0.4) is 0 Å². The highest BCUT2D eigenvalue weighted by Crippen LogP contribution is 2.00. The zero-order chi connectivity index (χ0) is 15.9. The Balaban J connectivity index is 0. The maximum Gasteiger partial charge on any atom is 0.320 e. The van der Waals surface area contributed by atoms with Crippen molar-refractivity contribution >= 4 is 11.9 Å². The number of carboxylic acids is 2. The Hall–Kier alpha value is -1.14. The predicted molar refractivity (Wildman–Crippen MR) is 75.4 cm³/mol. The van der Waals surface area contributed by atoms with Crippen LogP contribution in [0, 0.1) is 0 Å². The minimum Gasteiger partial charge on any atom is -0.480 e. The highest BCUT2D eigenvalue weighted by molar-refractivity contribution is 5.72. The molecule has 0 aliphatic carbocycles. The second-order valence-electron chi connectivity index (χ2n) is 6.45. The van der Waals surface area contributed by atoms with E-state index in [1.807, 2.05) is 41.5 Å². The van der Waals surface area contributed by atoms with Crippen molar-refractivity contribution in [3.63, 3.8) is 0 Å². The van der Waals surface area contributed by atoms with Crippen LogP contribution >= 0.6 is 0 Å². The Bertz CT molecular complexity index is 290. The summed E-state index contributed by atoms with van der Waals surface area (Å²) in [6.45, 7) is 13.3. The number of carbonyl (C=O) groups is 2. The van der Waals surface area contributed by atoms with Crippen LogP contribution in [-0.2, 0) is 9.59 Å². The van der Waals surface area contributed by atoms with Gasteiger partial charge in [0.1, 0.15) is 6.04 Å². The first kappa shape index (κ1) is 20.2. The second kappa shape index (κ2) is 8.12. The summed E-state index contributed by atoms with van der Waals surface area (Å²) in [6, 6.07) is -0.472. The van der Waals surface area contributed by atoms with Gasteiger partial charge in [0.15, 0.2) is 0 Å². The molecule has 1 atom stereocenters. The predicted octanol–water partition coefficient (Wildman–Crippen LogP) is 1.31. The minimum atomic E-state index is -0.815. The minimum absolute atomic E-state index is 0.0312. The summed E-state index contributed by atoms with van der Waals surface area (Å²) in [6.07, 6.45) is 0. The van der Waals surface area contributed by atoms with Gasteiger partial charge in [0, 0.05) is 11.1 Å². The number of aliphatic carboxylic acids is 2. The smallest absolute Gasteiger partial charge is 0.320 e. The van der Waals surface area contributed by atoms with Crippen molar-refractivity contribution in [1.82, 2.24) is 10.6 Å². The van der Waals surface area contributed by atoms with E-state index in [0.29, 0.717) is 0 Å². The van der Waals surface area contributed by atoms with Crippen LogP contribution in [0.5, 0.6) is 0 Å². The number of hydrogen-bond acceptors (Lipinski definition) is 4. The van der Waals surface area contributed by atoms with Crippen molar-refractivity contribution in [2.24, 2.45) is 0 Å². The summed E-state index contributed by atoms with van der Waals surface area (Å²) >= 11 is 0. The molecule has 0 heterocycles. The Morgan fingerprint density at radius 1 is 1.00 bits per heavy atom. The zero-order valence-electron chi connectivity index (χ0n) is 13.0. The Kier molecular flexibility index (Phi) is 8.62. The van der Waals surface area contributed by atoms with E-state index in [9.17, 15) is 9.59 Å². The standard InChI is InChI=1S/C7H15NO2.C6H13NO2/c1-5(6(9)10)8-7(2,3)4;1-6(2,3)7-4-5(8)9/h5,8H,1-4H3,(H,9,10);7H,4H2,1-3H3,(H,8,9). The molecule has 0 aromatic carbocycles. The lowest BCUT2D eigenvalue weighted by atomic mass is 10.1. The van der Waals surface area contributed by atoms with Gasteiger partial charge in [-0.1, -0.05) is 0 Å². The molecule has 114 valence electrons. The molecule has 0 radical (unpaired) electrons. The number of rotatable bonds is 4. The first-order chi connectivity index (χ1) is 8.24. The highest BCUT2D eigenvalue weighted by Gasteiger charge is 2.17. The van der Waals surface area contributed by atoms with Crippen LogP contribution in [0.25, 0.3) is 0 Å². The molecule has 1 unspecified atom stereocenters. The van der Waals surface area contributed by atoms with E-state index in [-0.39, 0.29) is 17.6 Å². The molecule has 0 aromatic rings. The molecular weight excluding hydrogens is 248 g/mol. The normalized spacial score (nSPS) is 13.2. The molecule has 0 aromatic heterocycles. The molecular formula is C13H28N2O4. The Morgan fingerprint density at radius 2 is 1.42 bits per heavy atom. The van der Waals surface area contributed by atoms with Gasteiger partial charge in [-0.25, -0.2) is 0 Å². The van der Waals surface area contributed by atoms with Crippen molar-refractivity contribution in [2.75, 3.05) is 6.54 Å². The van der Waals surface area contributed by atoms with Gasteiger partial charge < -0.3 is 15.5 Å². The highest BCUT2D eigenvalue weighted by atomic mass is 16.4. The third-order valence-electron chi connectivity index (χ3n) is 1.79. The number of hydrogen-bond donors (Lipinski definition) is 4. The van der Waals surface area contributed by atoms with Gasteiger partial charge in [-0.05, 0) is 48.5 Å². The number of carboxylic acid groups (broad SMARTS) is 2. The maximum absolute atomic E-state index is 10.3. The largest absolute Gasteiger partial charge is 0.480 e. The van der Waals surface area contributed by atoms with Gasteiger partial charge in [-0.3, -0.25) is 14.9 Å². The summed E-state index contributed by atoms with van der Waals surface area (Å²) in [4.78, 5) is 20.3. The molecule has 0 rings (SSSR count). The molecule has 0 bridgehead atoms. The summed E-state index contributed by atoms with van der Waals surface area (Å²) < 4.78 is 0. The fraction of sp³-hybridized carbons (Fsp3) is 0.846. The van der Waals surface area contributed by atoms with E-state index in [4.69, 9.17) is 10.2 Å². The van der Waals surface area contributed by atoms with Crippen molar-refractivity contribution in [3.05, 3.63) is 0 Å². The van der Waals surface area contributed by atoms with E-state index >= 15 is 0 Å². The average Bonchev–Trinajstić information content (AvgIpc) is 2.11. The van der Waals surface area contributed by atoms with Gasteiger partial charge in [-0.2, -0.15) is 0 Å². The van der Waals surface area contributed by atoms with Crippen molar-refractivity contribution in [1.29, 1.82) is 0 Å².